The van der Waals surface area contributed by atoms with Crippen LogP contribution >= 0.6 is 0 Å². The second kappa shape index (κ2) is 11.6. The highest BCUT2D eigenvalue weighted by Crippen LogP contribution is 2.23. The molecule has 11 nitrogen and oxygen atoms in total. The van der Waals surface area contributed by atoms with Crippen LogP contribution in [0.25, 0.3) is 0 Å². The van der Waals surface area contributed by atoms with Gasteiger partial charge in [0.05, 0.1) is 18.3 Å². The Balaban J connectivity index is 0.000000534. The number of carbonyl (C=O) groups is 4. The number of nitrogens with one attached hydrogen (secondary N) is 1. The quantitative estimate of drug-likeness (QED) is 0.415. The predicted octanol–water partition coefficient (Wildman–Crippen LogP) is 0.327. The number of hydrogen-bond acceptors (Lipinski definition) is 6. The minimum absolute atomic E-state index is 0.0882. The molecule has 2 aliphatic rings. The van der Waals surface area contributed by atoms with Gasteiger partial charge in [-0.25, -0.2) is 18.8 Å². The Bertz CT molecular complexity index is 893. The first-order chi connectivity index (χ1) is 15.3. The number of para-hydroxylation sites is 1. The van der Waals surface area contributed by atoms with E-state index in [2.05, 4.69) is 11.4 Å². The van der Waals surface area contributed by atoms with Crippen LogP contribution in [0.3, 0.4) is 0 Å². The van der Waals surface area contributed by atoms with Gasteiger partial charge < -0.3 is 25.3 Å². The first kappa shape index (κ1) is 24.5. The SMILES string of the molecule is N#C[C@@H]1CCCN1C(=O)CNCCN1CCN(c2ccccc2F)C1=O.O=C(O)C(=O)O. The van der Waals surface area contributed by atoms with E-state index >= 15 is 0 Å². The van der Waals surface area contributed by atoms with Crippen LogP contribution in [0.5, 0.6) is 0 Å². The zero-order valence-electron chi connectivity index (χ0n) is 17.2. The van der Waals surface area contributed by atoms with E-state index in [1.165, 1.54) is 11.0 Å². The van der Waals surface area contributed by atoms with Gasteiger partial charge in [0.15, 0.2) is 0 Å². The molecule has 2 aliphatic heterocycles. The van der Waals surface area contributed by atoms with Gasteiger partial charge in [-0.1, -0.05) is 12.1 Å². The average molecular weight is 449 g/mol. The van der Waals surface area contributed by atoms with E-state index < -0.39 is 17.8 Å². The number of benzene rings is 1. The molecule has 3 N–H and O–H groups in total. The molecule has 0 unspecified atom stereocenters. The summed E-state index contributed by atoms with van der Waals surface area (Å²) in [5, 5.41) is 26.8. The summed E-state index contributed by atoms with van der Waals surface area (Å²) in [6, 6.07) is 7.83. The summed E-state index contributed by atoms with van der Waals surface area (Å²) >= 11 is 0. The molecule has 2 fully saturated rings. The molecular weight excluding hydrogens is 425 g/mol. The summed E-state index contributed by atoms with van der Waals surface area (Å²) in [5.41, 5.74) is 0.291. The van der Waals surface area contributed by atoms with Gasteiger partial charge in [-0.3, -0.25) is 9.69 Å². The lowest BCUT2D eigenvalue weighted by atomic mass is 10.2. The lowest BCUT2D eigenvalue weighted by molar-refractivity contribution is -0.159. The van der Waals surface area contributed by atoms with Crippen LogP contribution in [0.15, 0.2) is 24.3 Å². The molecule has 0 aliphatic carbocycles. The summed E-state index contributed by atoms with van der Waals surface area (Å²) < 4.78 is 13.9. The van der Waals surface area contributed by atoms with Crippen LogP contribution in [0.4, 0.5) is 14.9 Å². The van der Waals surface area contributed by atoms with Crippen molar-refractivity contribution in [3.05, 3.63) is 30.1 Å². The van der Waals surface area contributed by atoms with Crippen molar-refractivity contribution in [3.63, 3.8) is 0 Å². The van der Waals surface area contributed by atoms with E-state index in [4.69, 9.17) is 25.1 Å². The summed E-state index contributed by atoms with van der Waals surface area (Å²) in [5.74, 6) is -4.15. The van der Waals surface area contributed by atoms with Gasteiger partial charge in [-0.15, -0.1) is 0 Å². The van der Waals surface area contributed by atoms with Crippen molar-refractivity contribution in [1.29, 1.82) is 5.26 Å². The molecular formula is C20H24FN5O6. The second-order valence-electron chi connectivity index (χ2n) is 7.03. The molecule has 0 radical (unpaired) electrons. The fourth-order valence-electron chi connectivity index (χ4n) is 3.39. The minimum Gasteiger partial charge on any atom is -0.473 e. The number of likely N-dealkylation sites (tertiary alicyclic amines) is 1. The molecule has 0 aromatic heterocycles. The molecule has 32 heavy (non-hydrogen) atoms. The molecule has 0 bridgehead atoms. The number of nitrogens with zero attached hydrogens (tertiary/aromatic N) is 4. The van der Waals surface area contributed by atoms with Crippen molar-refractivity contribution >= 4 is 29.6 Å². The van der Waals surface area contributed by atoms with Crippen LogP contribution < -0.4 is 10.2 Å². The number of halogens is 1. The standard InChI is InChI=1S/C18H22FN5O2.C2H2O4/c19-15-5-1-2-6-16(15)24-11-10-22(18(24)26)9-7-21-13-17(25)23-8-3-4-14(23)12-20;3-1(4)2(5)6/h1-2,5-6,14,21H,3-4,7-11,13H2;(H,3,4)(H,5,6)/t14-;/m0./s1. The van der Waals surface area contributed by atoms with Crippen molar-refractivity contribution in [2.24, 2.45) is 0 Å². The van der Waals surface area contributed by atoms with E-state index in [0.29, 0.717) is 38.4 Å². The lowest BCUT2D eigenvalue weighted by Gasteiger charge is -2.21. The maximum absolute atomic E-state index is 13.9. The van der Waals surface area contributed by atoms with E-state index in [1.807, 2.05) is 0 Å². The molecule has 0 spiro atoms. The van der Waals surface area contributed by atoms with Crippen molar-refractivity contribution in [1.82, 2.24) is 15.1 Å². The van der Waals surface area contributed by atoms with Crippen molar-refractivity contribution in [2.75, 3.05) is 44.2 Å². The highest BCUT2D eigenvalue weighted by molar-refractivity contribution is 6.27. The van der Waals surface area contributed by atoms with Gasteiger partial charge in [0.25, 0.3) is 0 Å². The van der Waals surface area contributed by atoms with Crippen molar-refractivity contribution in [3.8, 4) is 6.07 Å². The maximum Gasteiger partial charge on any atom is 0.414 e. The lowest BCUT2D eigenvalue weighted by Crippen LogP contribution is -2.43. The zero-order chi connectivity index (χ0) is 23.7. The Labute approximate surface area is 183 Å². The largest absolute Gasteiger partial charge is 0.473 e. The third-order valence-electron chi connectivity index (χ3n) is 4.98. The first-order valence-corrected chi connectivity index (χ1v) is 9.93. The molecule has 3 amide bonds. The molecule has 172 valence electrons. The van der Waals surface area contributed by atoms with Crippen molar-refractivity contribution < 1.29 is 33.8 Å². The number of hydrogen-bond donors (Lipinski definition) is 3. The van der Waals surface area contributed by atoms with Crippen molar-refractivity contribution in [2.45, 2.75) is 18.9 Å². The Morgan fingerprint density at radius 2 is 1.84 bits per heavy atom. The second-order valence-corrected chi connectivity index (χ2v) is 7.03. The number of amides is 3. The Morgan fingerprint density at radius 1 is 1.16 bits per heavy atom. The van der Waals surface area contributed by atoms with E-state index in [0.717, 1.165) is 12.8 Å². The van der Waals surface area contributed by atoms with Gasteiger partial charge >= 0.3 is 18.0 Å². The van der Waals surface area contributed by atoms with Gasteiger partial charge in [-0.05, 0) is 25.0 Å². The Hall–Kier alpha value is -3.72. The van der Waals surface area contributed by atoms with Gasteiger partial charge in [-0.2, -0.15) is 5.26 Å². The van der Waals surface area contributed by atoms with Crippen LogP contribution in [-0.2, 0) is 14.4 Å². The van der Waals surface area contributed by atoms with Crippen LogP contribution in [0, 0.1) is 17.1 Å². The molecule has 3 rings (SSSR count). The average Bonchev–Trinajstić information content (AvgIpc) is 3.38. The molecule has 2 saturated heterocycles. The summed E-state index contributed by atoms with van der Waals surface area (Å²) in [4.78, 5) is 47.4. The Kier molecular flexibility index (Phi) is 8.91. The highest BCUT2D eigenvalue weighted by atomic mass is 19.1. The zero-order valence-corrected chi connectivity index (χ0v) is 17.2. The fraction of sp³-hybridized carbons (Fsp3) is 0.450. The number of aliphatic carboxylic acids is 2. The third kappa shape index (κ3) is 6.39. The van der Waals surface area contributed by atoms with Gasteiger partial charge in [0.2, 0.25) is 5.91 Å². The molecule has 2 heterocycles. The maximum atomic E-state index is 13.9. The van der Waals surface area contributed by atoms with E-state index in [9.17, 15) is 14.0 Å². The summed E-state index contributed by atoms with van der Waals surface area (Å²) in [7, 11) is 0. The van der Waals surface area contributed by atoms with Crippen LogP contribution in [0.1, 0.15) is 12.8 Å². The van der Waals surface area contributed by atoms with Crippen LogP contribution in [-0.4, -0.2) is 89.2 Å². The topological polar surface area (TPSA) is 154 Å². The smallest absolute Gasteiger partial charge is 0.414 e. The number of carboxylic acid groups (broad SMARTS) is 2. The molecule has 12 heteroatoms. The van der Waals surface area contributed by atoms with Gasteiger partial charge in [0.1, 0.15) is 11.9 Å². The number of rotatable bonds is 6. The third-order valence-corrected chi connectivity index (χ3v) is 4.98. The number of urea groups is 1. The molecule has 1 atom stereocenters. The molecule has 1 aromatic carbocycles. The predicted molar refractivity (Wildman–Crippen MR) is 109 cm³/mol. The minimum atomic E-state index is -1.82. The summed E-state index contributed by atoms with van der Waals surface area (Å²) in [6.07, 6.45) is 1.59. The normalized spacial score (nSPS) is 17.6. The molecule has 1 aromatic rings. The summed E-state index contributed by atoms with van der Waals surface area (Å²) in [6.45, 7) is 2.65. The molecule has 0 saturated carbocycles. The number of carbonyl (C=O) groups excluding carboxylic acids is 2. The fourth-order valence-corrected chi connectivity index (χ4v) is 3.39. The monoisotopic (exact) mass is 449 g/mol. The highest BCUT2D eigenvalue weighted by Gasteiger charge is 2.31. The van der Waals surface area contributed by atoms with Gasteiger partial charge in [0, 0.05) is 32.7 Å². The first-order valence-electron chi connectivity index (χ1n) is 9.93. The Morgan fingerprint density at radius 3 is 2.47 bits per heavy atom. The number of carboxylic acids is 2. The van der Waals surface area contributed by atoms with Crippen LogP contribution in [0.2, 0.25) is 0 Å². The van der Waals surface area contributed by atoms with E-state index in [1.54, 1.807) is 28.0 Å². The number of nitriles is 1. The number of anilines is 1. The van der Waals surface area contributed by atoms with E-state index in [-0.39, 0.29) is 24.5 Å².